The zero-order valence-corrected chi connectivity index (χ0v) is 8.45. The second kappa shape index (κ2) is 4.25. The molecule has 0 saturated heterocycles. The molecule has 2 rings (SSSR count). The van der Waals surface area contributed by atoms with Gasteiger partial charge in [-0.15, -0.1) is 21.5 Å². The smallest absolute Gasteiger partial charge is 0.188 e. The van der Waals surface area contributed by atoms with Crippen molar-refractivity contribution in [3.63, 3.8) is 0 Å². The van der Waals surface area contributed by atoms with E-state index >= 15 is 0 Å². The van der Waals surface area contributed by atoms with Gasteiger partial charge in [-0.2, -0.15) is 5.21 Å². The third-order valence-corrected chi connectivity index (χ3v) is 2.74. The molecular weight excluding hydrogens is 200 g/mol. The maximum Gasteiger partial charge on any atom is 0.188 e. The highest BCUT2D eigenvalue weighted by Crippen LogP contribution is 2.14. The topological polar surface area (TPSA) is 79.4 Å². The Labute approximate surface area is 84.8 Å². The normalized spacial score (nSPS) is 12.9. The highest BCUT2D eigenvalue weighted by Gasteiger charge is 2.07. The number of thiazole rings is 1. The van der Waals surface area contributed by atoms with Crippen molar-refractivity contribution in [1.82, 2.24) is 30.9 Å². The van der Waals surface area contributed by atoms with Gasteiger partial charge in [-0.1, -0.05) is 5.21 Å². The van der Waals surface area contributed by atoms with Gasteiger partial charge >= 0.3 is 0 Å². The standard InChI is InChI=1S/C7H10N6S/c1-5(7-8-2-3-14-7)9-4-6-10-12-13-11-6/h2-3,5,9H,4H2,1H3,(H,10,11,12,13). The number of aromatic nitrogens is 5. The van der Waals surface area contributed by atoms with Crippen molar-refractivity contribution in [3.8, 4) is 0 Å². The SMILES string of the molecule is CC(NCc1nn[nH]n1)c1nccs1. The first kappa shape index (κ1) is 9.22. The minimum atomic E-state index is 0.216. The lowest BCUT2D eigenvalue weighted by Crippen LogP contribution is -2.18. The van der Waals surface area contributed by atoms with Gasteiger partial charge in [0.25, 0.3) is 0 Å². The van der Waals surface area contributed by atoms with Crippen molar-refractivity contribution in [2.45, 2.75) is 19.5 Å². The first-order valence-corrected chi connectivity index (χ1v) is 5.09. The molecule has 0 aliphatic rings. The fourth-order valence-electron chi connectivity index (χ4n) is 1.04. The molecule has 6 nitrogen and oxygen atoms in total. The summed E-state index contributed by atoms with van der Waals surface area (Å²) < 4.78 is 0. The molecule has 1 atom stereocenters. The summed E-state index contributed by atoms with van der Waals surface area (Å²) in [5, 5.41) is 19.8. The monoisotopic (exact) mass is 210 g/mol. The van der Waals surface area contributed by atoms with Gasteiger partial charge in [0.15, 0.2) is 5.82 Å². The number of nitrogens with one attached hydrogen (secondary N) is 2. The largest absolute Gasteiger partial charge is 0.301 e. The fraction of sp³-hybridized carbons (Fsp3) is 0.429. The van der Waals surface area contributed by atoms with Crippen LogP contribution in [0.25, 0.3) is 0 Å². The second-order valence-corrected chi connectivity index (χ2v) is 3.73. The summed E-state index contributed by atoms with van der Waals surface area (Å²) in [4.78, 5) is 4.21. The molecule has 2 aromatic rings. The Hall–Kier alpha value is -1.34. The van der Waals surface area contributed by atoms with Crippen LogP contribution in [0, 0.1) is 0 Å². The molecule has 1 unspecified atom stereocenters. The van der Waals surface area contributed by atoms with Crippen LogP contribution in [0.3, 0.4) is 0 Å². The first-order valence-electron chi connectivity index (χ1n) is 4.21. The van der Waals surface area contributed by atoms with Crippen molar-refractivity contribution in [2.75, 3.05) is 0 Å². The van der Waals surface area contributed by atoms with E-state index in [-0.39, 0.29) is 6.04 Å². The molecule has 2 aromatic heterocycles. The summed E-state index contributed by atoms with van der Waals surface area (Å²) in [6.45, 7) is 2.65. The molecule has 0 radical (unpaired) electrons. The van der Waals surface area contributed by atoms with Crippen molar-refractivity contribution >= 4 is 11.3 Å². The van der Waals surface area contributed by atoms with Crippen LogP contribution in [0.4, 0.5) is 0 Å². The number of hydrogen-bond donors (Lipinski definition) is 2. The van der Waals surface area contributed by atoms with Crippen LogP contribution in [0.2, 0.25) is 0 Å². The molecule has 0 fully saturated rings. The lowest BCUT2D eigenvalue weighted by Gasteiger charge is -2.07. The van der Waals surface area contributed by atoms with Crippen LogP contribution in [0.15, 0.2) is 11.6 Å². The number of tetrazole rings is 1. The lowest BCUT2D eigenvalue weighted by atomic mass is 10.3. The highest BCUT2D eigenvalue weighted by atomic mass is 32.1. The average molecular weight is 210 g/mol. The average Bonchev–Trinajstić information content (AvgIpc) is 2.87. The van der Waals surface area contributed by atoms with E-state index in [4.69, 9.17) is 0 Å². The van der Waals surface area contributed by atoms with Gasteiger partial charge in [0.2, 0.25) is 0 Å². The summed E-state index contributed by atoms with van der Waals surface area (Å²) in [6.07, 6.45) is 1.80. The van der Waals surface area contributed by atoms with Gasteiger partial charge < -0.3 is 5.32 Å². The number of H-pyrrole nitrogens is 1. The second-order valence-electron chi connectivity index (χ2n) is 2.80. The van der Waals surface area contributed by atoms with E-state index in [1.807, 2.05) is 5.38 Å². The van der Waals surface area contributed by atoms with Crippen LogP contribution >= 0.6 is 11.3 Å². The van der Waals surface area contributed by atoms with E-state index in [0.29, 0.717) is 12.4 Å². The molecule has 0 aliphatic heterocycles. The number of nitrogens with zero attached hydrogens (tertiary/aromatic N) is 4. The Kier molecular flexibility index (Phi) is 2.80. The number of aromatic amines is 1. The van der Waals surface area contributed by atoms with E-state index in [9.17, 15) is 0 Å². The van der Waals surface area contributed by atoms with E-state index in [1.54, 1.807) is 17.5 Å². The minimum Gasteiger partial charge on any atom is -0.301 e. The highest BCUT2D eigenvalue weighted by molar-refractivity contribution is 7.09. The quantitative estimate of drug-likeness (QED) is 0.768. The summed E-state index contributed by atoms with van der Waals surface area (Å²) in [6, 6.07) is 0.216. The van der Waals surface area contributed by atoms with Crippen LogP contribution in [0.1, 0.15) is 23.8 Å². The predicted molar refractivity (Wildman–Crippen MR) is 51.5 cm³/mol. The molecule has 7 heteroatoms. The molecule has 14 heavy (non-hydrogen) atoms. The summed E-state index contributed by atoms with van der Waals surface area (Å²) in [5.41, 5.74) is 0. The molecule has 0 aliphatic carbocycles. The van der Waals surface area contributed by atoms with Crippen LogP contribution in [0.5, 0.6) is 0 Å². The van der Waals surface area contributed by atoms with Crippen molar-refractivity contribution < 1.29 is 0 Å². The zero-order chi connectivity index (χ0) is 9.80. The Morgan fingerprint density at radius 3 is 3.21 bits per heavy atom. The zero-order valence-electron chi connectivity index (χ0n) is 7.64. The fourth-order valence-corrected chi connectivity index (χ4v) is 1.71. The maximum absolute atomic E-state index is 4.21. The Bertz CT molecular complexity index is 355. The van der Waals surface area contributed by atoms with Crippen molar-refractivity contribution in [2.24, 2.45) is 0 Å². The molecule has 2 heterocycles. The van der Waals surface area contributed by atoms with E-state index in [0.717, 1.165) is 5.01 Å². The Balaban J connectivity index is 1.87. The number of rotatable bonds is 4. The van der Waals surface area contributed by atoms with E-state index in [1.165, 1.54) is 0 Å². The molecule has 2 N–H and O–H groups in total. The minimum absolute atomic E-state index is 0.216. The van der Waals surface area contributed by atoms with Gasteiger partial charge in [0.05, 0.1) is 12.6 Å². The molecule has 0 aromatic carbocycles. The van der Waals surface area contributed by atoms with Gasteiger partial charge in [0.1, 0.15) is 5.01 Å². The molecule has 0 amide bonds. The number of hydrogen-bond acceptors (Lipinski definition) is 6. The van der Waals surface area contributed by atoms with E-state index in [2.05, 4.69) is 37.8 Å². The maximum atomic E-state index is 4.21. The molecule has 0 bridgehead atoms. The Morgan fingerprint density at radius 1 is 1.64 bits per heavy atom. The summed E-state index contributed by atoms with van der Waals surface area (Å²) in [5.74, 6) is 0.661. The van der Waals surface area contributed by atoms with Crippen LogP contribution < -0.4 is 5.32 Å². The molecule has 0 spiro atoms. The molecule has 0 saturated carbocycles. The molecule has 74 valence electrons. The van der Waals surface area contributed by atoms with Crippen LogP contribution in [-0.2, 0) is 6.54 Å². The van der Waals surface area contributed by atoms with Gasteiger partial charge in [-0.3, -0.25) is 0 Å². The van der Waals surface area contributed by atoms with Crippen LogP contribution in [-0.4, -0.2) is 25.6 Å². The Morgan fingerprint density at radius 2 is 2.57 bits per heavy atom. The van der Waals surface area contributed by atoms with Gasteiger partial charge in [-0.25, -0.2) is 4.98 Å². The van der Waals surface area contributed by atoms with Crippen molar-refractivity contribution in [3.05, 3.63) is 22.4 Å². The first-order chi connectivity index (χ1) is 6.86. The van der Waals surface area contributed by atoms with Gasteiger partial charge in [-0.05, 0) is 6.92 Å². The summed E-state index contributed by atoms with van der Waals surface area (Å²) >= 11 is 1.63. The lowest BCUT2D eigenvalue weighted by molar-refractivity contribution is 0.557. The van der Waals surface area contributed by atoms with Crippen molar-refractivity contribution in [1.29, 1.82) is 0 Å². The summed E-state index contributed by atoms with van der Waals surface area (Å²) in [7, 11) is 0. The third kappa shape index (κ3) is 2.12. The predicted octanol–water partition coefficient (Wildman–Crippen LogP) is 0.507. The van der Waals surface area contributed by atoms with Gasteiger partial charge in [0, 0.05) is 11.6 Å². The third-order valence-electron chi connectivity index (χ3n) is 1.78. The molecular formula is C7H10N6S. The van der Waals surface area contributed by atoms with E-state index < -0.39 is 0 Å².